The maximum atomic E-state index is 12.6. The molecule has 2 heterocycles. The summed E-state index contributed by atoms with van der Waals surface area (Å²) in [6.45, 7) is 0.479. The number of anilines is 1. The van der Waals surface area contributed by atoms with Crippen LogP contribution in [-0.4, -0.2) is 42.3 Å². The van der Waals surface area contributed by atoms with Crippen molar-refractivity contribution in [2.45, 2.75) is 19.0 Å². The normalized spacial score (nSPS) is 17.1. The molecule has 1 saturated heterocycles. The molecule has 0 atom stereocenters. The summed E-state index contributed by atoms with van der Waals surface area (Å²) >= 11 is 0. The van der Waals surface area contributed by atoms with Gasteiger partial charge >= 0.3 is 12.1 Å². The number of hydrogen-bond donors (Lipinski definition) is 0. The lowest BCUT2D eigenvalue weighted by Gasteiger charge is -2.33. The van der Waals surface area contributed by atoms with Gasteiger partial charge in [0.15, 0.2) is 5.69 Å². The van der Waals surface area contributed by atoms with Crippen molar-refractivity contribution >= 4 is 11.8 Å². The molecule has 0 saturated carbocycles. The van der Waals surface area contributed by atoms with Crippen LogP contribution in [0.25, 0.3) is 0 Å². The van der Waals surface area contributed by atoms with Crippen LogP contribution < -0.4 is 4.90 Å². The van der Waals surface area contributed by atoms with Gasteiger partial charge in [-0.25, -0.2) is 9.78 Å². The first-order valence-corrected chi connectivity index (χ1v) is 6.14. The molecule has 0 N–H and O–H groups in total. The number of methoxy groups -OCH3 is 1. The first kappa shape index (κ1) is 14.5. The quantitative estimate of drug-likeness (QED) is 0.780. The van der Waals surface area contributed by atoms with Crippen LogP contribution in [0.2, 0.25) is 0 Å². The third kappa shape index (κ3) is 3.17. The number of esters is 1. The number of hydrogen-bond acceptors (Lipinski definition) is 5. The molecule has 5 nitrogen and oxygen atoms in total. The molecule has 1 fully saturated rings. The van der Waals surface area contributed by atoms with Crippen molar-refractivity contribution in [3.8, 4) is 0 Å². The van der Waals surface area contributed by atoms with Gasteiger partial charge in [0.05, 0.1) is 25.4 Å². The van der Waals surface area contributed by atoms with Gasteiger partial charge in [-0.15, -0.1) is 0 Å². The van der Waals surface area contributed by atoms with Gasteiger partial charge in [0, 0.05) is 13.1 Å². The average molecular weight is 289 g/mol. The highest BCUT2D eigenvalue weighted by atomic mass is 19.4. The van der Waals surface area contributed by atoms with E-state index in [1.54, 1.807) is 4.90 Å². The number of nitrogens with zero attached hydrogens (tertiary/aromatic N) is 3. The number of rotatable bonds is 2. The fraction of sp³-hybridized carbons (Fsp3) is 0.583. The van der Waals surface area contributed by atoms with Crippen molar-refractivity contribution in [1.82, 2.24) is 9.97 Å². The predicted octanol–water partition coefficient (Wildman–Crippen LogP) is 2.04. The van der Waals surface area contributed by atoms with Gasteiger partial charge in [-0.05, 0) is 12.8 Å². The molecule has 0 unspecified atom stereocenters. The van der Waals surface area contributed by atoms with E-state index in [4.69, 9.17) is 0 Å². The Kier molecular flexibility index (Phi) is 4.10. The van der Waals surface area contributed by atoms with Gasteiger partial charge in [-0.3, -0.25) is 4.98 Å². The Bertz CT molecular complexity index is 485. The van der Waals surface area contributed by atoms with E-state index in [2.05, 4.69) is 14.7 Å². The summed E-state index contributed by atoms with van der Waals surface area (Å²) in [4.78, 5) is 21.0. The first-order valence-electron chi connectivity index (χ1n) is 6.14. The van der Waals surface area contributed by atoms with Crippen LogP contribution in [0, 0.1) is 5.92 Å². The number of aromatic nitrogens is 2. The lowest BCUT2D eigenvalue weighted by atomic mass is 9.96. The molecule has 1 aromatic heterocycles. The van der Waals surface area contributed by atoms with Crippen molar-refractivity contribution in [1.29, 1.82) is 0 Å². The smallest absolute Gasteiger partial charge is 0.391 e. The maximum Gasteiger partial charge on any atom is 0.391 e. The van der Waals surface area contributed by atoms with E-state index >= 15 is 0 Å². The maximum absolute atomic E-state index is 12.6. The number of carbonyl (C=O) groups excluding carboxylic acids is 1. The second kappa shape index (κ2) is 5.64. The SMILES string of the molecule is COC(=O)c1cncc(N2CCC(C(F)(F)F)CC2)n1. The molecule has 110 valence electrons. The van der Waals surface area contributed by atoms with Gasteiger partial charge in [-0.2, -0.15) is 13.2 Å². The molecule has 2 rings (SSSR count). The van der Waals surface area contributed by atoms with Gasteiger partial charge in [0.1, 0.15) is 5.82 Å². The summed E-state index contributed by atoms with van der Waals surface area (Å²) in [5, 5.41) is 0. The van der Waals surface area contributed by atoms with Crippen LogP contribution in [-0.2, 0) is 4.74 Å². The highest BCUT2D eigenvalue weighted by Crippen LogP contribution is 2.34. The largest absolute Gasteiger partial charge is 0.464 e. The number of piperidine rings is 1. The zero-order valence-electron chi connectivity index (χ0n) is 10.9. The number of alkyl halides is 3. The molecule has 0 bridgehead atoms. The molecule has 8 heteroatoms. The van der Waals surface area contributed by atoms with Crippen molar-refractivity contribution < 1.29 is 22.7 Å². The zero-order chi connectivity index (χ0) is 14.8. The Morgan fingerprint density at radius 1 is 1.35 bits per heavy atom. The Hall–Kier alpha value is -1.86. The second-order valence-electron chi connectivity index (χ2n) is 4.56. The van der Waals surface area contributed by atoms with Crippen LogP contribution in [0.4, 0.5) is 19.0 Å². The summed E-state index contributed by atoms with van der Waals surface area (Å²) in [6, 6.07) is 0. The van der Waals surface area contributed by atoms with Crippen LogP contribution >= 0.6 is 0 Å². The van der Waals surface area contributed by atoms with Crippen molar-refractivity contribution in [2.24, 2.45) is 5.92 Å². The van der Waals surface area contributed by atoms with Gasteiger partial charge < -0.3 is 9.64 Å². The van der Waals surface area contributed by atoms with Gasteiger partial charge in [0.2, 0.25) is 0 Å². The van der Waals surface area contributed by atoms with Crippen LogP contribution in [0.5, 0.6) is 0 Å². The molecule has 20 heavy (non-hydrogen) atoms. The molecule has 1 aliphatic heterocycles. The Labute approximate surface area is 113 Å². The van der Waals surface area contributed by atoms with Gasteiger partial charge in [-0.1, -0.05) is 0 Å². The summed E-state index contributed by atoms with van der Waals surface area (Å²) in [5.41, 5.74) is 0.0444. The number of carbonyl (C=O) groups is 1. The lowest BCUT2D eigenvalue weighted by Crippen LogP contribution is -2.39. The molecule has 0 radical (unpaired) electrons. The highest BCUT2D eigenvalue weighted by Gasteiger charge is 2.41. The van der Waals surface area contributed by atoms with Crippen LogP contribution in [0.15, 0.2) is 12.4 Å². The molecule has 0 spiro atoms. The van der Waals surface area contributed by atoms with Crippen molar-refractivity contribution in [3.05, 3.63) is 18.1 Å². The van der Waals surface area contributed by atoms with Crippen molar-refractivity contribution in [3.63, 3.8) is 0 Å². The monoisotopic (exact) mass is 289 g/mol. The van der Waals surface area contributed by atoms with Gasteiger partial charge in [0.25, 0.3) is 0 Å². The minimum Gasteiger partial charge on any atom is -0.464 e. The highest BCUT2D eigenvalue weighted by molar-refractivity contribution is 5.87. The number of ether oxygens (including phenoxy) is 1. The fourth-order valence-corrected chi connectivity index (χ4v) is 2.15. The lowest BCUT2D eigenvalue weighted by molar-refractivity contribution is -0.179. The molecular formula is C12H14F3N3O2. The van der Waals surface area contributed by atoms with E-state index in [0.717, 1.165) is 0 Å². The molecular weight excluding hydrogens is 275 g/mol. The standard InChI is InChI=1S/C12H14F3N3O2/c1-20-11(19)9-6-16-7-10(17-9)18-4-2-8(3-5-18)12(13,14)15/h6-8H,2-5H2,1H3. The van der Waals surface area contributed by atoms with Crippen molar-refractivity contribution in [2.75, 3.05) is 25.1 Å². The third-order valence-corrected chi connectivity index (χ3v) is 3.30. The molecule has 0 aliphatic carbocycles. The molecule has 1 aliphatic rings. The number of halogens is 3. The van der Waals surface area contributed by atoms with E-state index in [1.807, 2.05) is 0 Å². The minimum atomic E-state index is -4.15. The van der Waals surface area contributed by atoms with E-state index in [-0.39, 0.29) is 31.6 Å². The predicted molar refractivity (Wildman–Crippen MR) is 64.4 cm³/mol. The summed E-state index contributed by atoms with van der Waals surface area (Å²) in [7, 11) is 1.23. The minimum absolute atomic E-state index is 0.0215. The Balaban J connectivity index is 2.05. The Morgan fingerprint density at radius 2 is 2.00 bits per heavy atom. The van der Waals surface area contributed by atoms with E-state index in [9.17, 15) is 18.0 Å². The van der Waals surface area contributed by atoms with E-state index < -0.39 is 18.1 Å². The summed E-state index contributed by atoms with van der Waals surface area (Å²) < 4.78 is 42.3. The molecule has 0 aromatic carbocycles. The zero-order valence-corrected chi connectivity index (χ0v) is 10.9. The van der Waals surface area contributed by atoms with Crippen LogP contribution in [0.1, 0.15) is 23.3 Å². The summed E-state index contributed by atoms with van der Waals surface area (Å²) in [6.07, 6.45) is -1.41. The average Bonchev–Trinajstić information content (AvgIpc) is 2.46. The third-order valence-electron chi connectivity index (χ3n) is 3.30. The fourth-order valence-electron chi connectivity index (χ4n) is 2.15. The first-order chi connectivity index (χ1) is 9.41. The topological polar surface area (TPSA) is 55.3 Å². The van der Waals surface area contributed by atoms with E-state index in [1.165, 1.54) is 19.5 Å². The van der Waals surface area contributed by atoms with E-state index in [0.29, 0.717) is 5.82 Å². The molecule has 1 aromatic rings. The molecule has 0 amide bonds. The van der Waals surface area contributed by atoms with Crippen LogP contribution in [0.3, 0.4) is 0 Å². The Morgan fingerprint density at radius 3 is 2.55 bits per heavy atom. The second-order valence-corrected chi connectivity index (χ2v) is 4.56. The summed E-state index contributed by atoms with van der Waals surface area (Å²) in [5.74, 6) is -1.49.